The fourth-order valence-electron chi connectivity index (χ4n) is 2.18. The number of aliphatic hydroxyl groups is 1. The van der Waals surface area contributed by atoms with Crippen LogP contribution in [0.1, 0.15) is 86.6 Å². The van der Waals surface area contributed by atoms with Crippen LogP contribution in [0.4, 0.5) is 5.69 Å². The highest BCUT2D eigenvalue weighted by atomic mass is 32.1. The second-order valence-electron chi connectivity index (χ2n) is 5.51. The average Bonchev–Trinajstić information content (AvgIpc) is 2.71. The number of anilines is 1. The first-order valence-corrected chi connectivity index (χ1v) is 11.1. The van der Waals surface area contributed by atoms with E-state index in [-0.39, 0.29) is 5.43 Å². The van der Waals surface area contributed by atoms with Gasteiger partial charge in [0.2, 0.25) is 5.43 Å². The van der Waals surface area contributed by atoms with E-state index in [0.717, 1.165) is 50.8 Å². The van der Waals surface area contributed by atoms with Crippen LogP contribution in [0.5, 0.6) is 0 Å². The van der Waals surface area contributed by atoms with Gasteiger partial charge in [-0.25, -0.2) is 0 Å². The molecule has 0 unspecified atom stereocenters. The number of nitrogens with one attached hydrogen (secondary N) is 1. The Labute approximate surface area is 175 Å². The molecule has 0 fully saturated rings. The van der Waals surface area contributed by atoms with Crippen molar-refractivity contribution in [1.82, 2.24) is 4.90 Å². The average molecular weight is 405 g/mol. The molecule has 0 aliphatic rings. The maximum absolute atomic E-state index is 11.4. The van der Waals surface area contributed by atoms with E-state index in [0.29, 0.717) is 4.51 Å². The van der Waals surface area contributed by atoms with Crippen molar-refractivity contribution in [3.05, 3.63) is 20.3 Å². The van der Waals surface area contributed by atoms with Crippen LogP contribution >= 0.6 is 12.2 Å². The van der Waals surface area contributed by atoms with Gasteiger partial charge in [0, 0.05) is 19.2 Å². The molecule has 0 radical (unpaired) electrons. The minimum atomic E-state index is 0.0673. The van der Waals surface area contributed by atoms with Crippen molar-refractivity contribution < 1.29 is 5.11 Å². The van der Waals surface area contributed by atoms with Gasteiger partial charge in [0.05, 0.1) is 5.69 Å². The molecule has 1 aromatic rings. The maximum atomic E-state index is 11.4. The zero-order valence-electron chi connectivity index (χ0n) is 19.9. The van der Waals surface area contributed by atoms with Crippen molar-refractivity contribution >= 4 is 17.9 Å². The largest absolute Gasteiger partial charge is 0.400 e. The molecule has 0 atom stereocenters. The molecule has 0 heterocycles. The molecule has 4 nitrogen and oxygen atoms in total. The summed E-state index contributed by atoms with van der Waals surface area (Å²) in [7, 11) is 3.16. The molecule has 2 N–H and O–H groups in total. The van der Waals surface area contributed by atoms with E-state index < -0.39 is 0 Å². The highest BCUT2D eigenvalue weighted by molar-refractivity contribution is 7.71. The molecule has 0 bridgehead atoms. The topological polar surface area (TPSA) is 52.6 Å². The van der Waals surface area contributed by atoms with Crippen LogP contribution in [0.3, 0.4) is 0 Å². The van der Waals surface area contributed by atoms with Gasteiger partial charge in [0.15, 0.2) is 0 Å². The summed E-state index contributed by atoms with van der Waals surface area (Å²) in [5, 5.41) is 10.3. The Morgan fingerprint density at radius 3 is 1.85 bits per heavy atom. The van der Waals surface area contributed by atoms with Crippen LogP contribution < -0.4 is 10.7 Å². The van der Waals surface area contributed by atoms with Crippen LogP contribution in [0.15, 0.2) is 4.79 Å². The number of aliphatic hydroxyl groups excluding tert-OH is 1. The van der Waals surface area contributed by atoms with Crippen LogP contribution in [0, 0.1) is 4.51 Å². The summed E-state index contributed by atoms with van der Waals surface area (Å²) in [6.07, 6.45) is 5.53. The summed E-state index contributed by atoms with van der Waals surface area (Å²) in [6.45, 7) is 19.7. The van der Waals surface area contributed by atoms with Crippen LogP contribution in [0.25, 0.3) is 0 Å². The third kappa shape index (κ3) is 17.1. The summed E-state index contributed by atoms with van der Waals surface area (Å²) in [5.41, 5.74) is 1.88. The van der Waals surface area contributed by atoms with Crippen molar-refractivity contribution in [1.29, 1.82) is 0 Å². The molecular weight excluding hydrogens is 356 g/mol. The van der Waals surface area contributed by atoms with Gasteiger partial charge < -0.3 is 15.3 Å². The Morgan fingerprint density at radius 1 is 0.963 bits per heavy atom. The van der Waals surface area contributed by atoms with Crippen LogP contribution in [-0.2, 0) is 6.42 Å². The first-order valence-electron chi connectivity index (χ1n) is 10.7. The number of nitrogens with zero attached hydrogens (tertiary/aromatic N) is 1. The van der Waals surface area contributed by atoms with Gasteiger partial charge in [-0.05, 0) is 45.8 Å². The van der Waals surface area contributed by atoms with Gasteiger partial charge >= 0.3 is 0 Å². The SMILES string of the molecule is CC.CC.CCC.CCCN(C)CCCCNc1c(CC)c(=O)c1=S.CO. The van der Waals surface area contributed by atoms with Gasteiger partial charge in [0.25, 0.3) is 0 Å². The fourth-order valence-corrected chi connectivity index (χ4v) is 2.50. The molecule has 0 aromatic heterocycles. The molecular formula is C22H48N2O2S. The first-order chi connectivity index (χ1) is 13.0. The molecule has 0 saturated heterocycles. The molecule has 1 rings (SSSR count). The number of unbranched alkanes of at least 4 members (excludes halogenated alkanes) is 1. The molecule has 27 heavy (non-hydrogen) atoms. The molecule has 164 valence electrons. The Hall–Kier alpha value is -0.780. The van der Waals surface area contributed by atoms with Gasteiger partial charge in [-0.15, -0.1) is 0 Å². The second-order valence-corrected chi connectivity index (χ2v) is 5.92. The minimum absolute atomic E-state index is 0.0673. The standard InChI is InChI=1S/C14H24N2OS.C3H8.2C2H6.CH4O/c1-4-9-16(3)10-7-6-8-15-12-11(5-2)13(17)14(12)18;1-3-2;3*1-2/h15H,4-10H2,1-3H3;3H2,1-2H3;2*1-2H3;2H,1H3. The van der Waals surface area contributed by atoms with Crippen LogP contribution in [-0.4, -0.2) is 43.8 Å². The Balaban J connectivity index is -0.000000253. The lowest BCUT2D eigenvalue weighted by atomic mass is 10.1. The highest BCUT2D eigenvalue weighted by Gasteiger charge is 2.14. The first kappa shape index (κ1) is 33.8. The third-order valence-electron chi connectivity index (χ3n) is 3.24. The lowest BCUT2D eigenvalue weighted by molar-refractivity contribution is 0.328. The van der Waals surface area contributed by atoms with E-state index in [4.69, 9.17) is 17.3 Å². The minimum Gasteiger partial charge on any atom is -0.400 e. The van der Waals surface area contributed by atoms with E-state index in [1.54, 1.807) is 0 Å². The van der Waals surface area contributed by atoms with Crippen molar-refractivity contribution in [2.75, 3.05) is 39.1 Å². The van der Waals surface area contributed by atoms with E-state index in [2.05, 4.69) is 38.0 Å². The molecule has 0 aliphatic carbocycles. The fraction of sp³-hybridized carbons (Fsp3) is 0.818. The number of hydrogen-bond donors (Lipinski definition) is 2. The summed E-state index contributed by atoms with van der Waals surface area (Å²) < 4.78 is 0.495. The van der Waals surface area contributed by atoms with Gasteiger partial charge in [-0.2, -0.15) is 0 Å². The van der Waals surface area contributed by atoms with Crippen molar-refractivity contribution in [3.8, 4) is 0 Å². The van der Waals surface area contributed by atoms with E-state index in [1.165, 1.54) is 19.3 Å². The molecule has 0 amide bonds. The van der Waals surface area contributed by atoms with Crippen LogP contribution in [0.2, 0.25) is 0 Å². The molecule has 0 aliphatic heterocycles. The van der Waals surface area contributed by atoms with E-state index in [9.17, 15) is 4.79 Å². The summed E-state index contributed by atoms with van der Waals surface area (Å²) in [4.78, 5) is 13.8. The molecule has 5 heteroatoms. The van der Waals surface area contributed by atoms with E-state index >= 15 is 0 Å². The van der Waals surface area contributed by atoms with Gasteiger partial charge in [-0.3, -0.25) is 4.79 Å². The van der Waals surface area contributed by atoms with Crippen molar-refractivity contribution in [2.45, 2.75) is 87.5 Å². The molecule has 0 saturated carbocycles. The quantitative estimate of drug-likeness (QED) is 0.401. The Kier molecular flexibility index (Phi) is 34.3. The maximum Gasteiger partial charge on any atom is 0.204 e. The number of hydrogen-bond acceptors (Lipinski definition) is 5. The van der Waals surface area contributed by atoms with E-state index in [1.807, 2.05) is 34.6 Å². The molecule has 1 aromatic carbocycles. The molecule has 0 spiro atoms. The van der Waals surface area contributed by atoms with Crippen molar-refractivity contribution in [3.63, 3.8) is 0 Å². The summed E-state index contributed by atoms with van der Waals surface area (Å²) in [6, 6.07) is 0. The zero-order chi connectivity index (χ0) is 22.3. The summed E-state index contributed by atoms with van der Waals surface area (Å²) in [5.74, 6) is 0. The normalized spacial score (nSPS) is 8.89. The lowest BCUT2D eigenvalue weighted by Gasteiger charge is -2.16. The van der Waals surface area contributed by atoms with Gasteiger partial charge in [-0.1, -0.05) is 74.0 Å². The smallest absolute Gasteiger partial charge is 0.204 e. The Morgan fingerprint density at radius 2 is 1.44 bits per heavy atom. The van der Waals surface area contributed by atoms with Crippen molar-refractivity contribution in [2.24, 2.45) is 0 Å². The number of rotatable bonds is 9. The zero-order valence-corrected chi connectivity index (χ0v) is 20.7. The lowest BCUT2D eigenvalue weighted by Crippen LogP contribution is -2.23. The monoisotopic (exact) mass is 404 g/mol. The summed E-state index contributed by atoms with van der Waals surface area (Å²) >= 11 is 5.05. The second kappa shape index (κ2) is 27.4. The third-order valence-corrected chi connectivity index (χ3v) is 3.63. The van der Waals surface area contributed by atoms with Gasteiger partial charge in [0.1, 0.15) is 4.51 Å². The predicted molar refractivity (Wildman–Crippen MR) is 128 cm³/mol. The predicted octanol–water partition coefficient (Wildman–Crippen LogP) is 5.83. The Bertz CT molecular complexity index is 455. The highest BCUT2D eigenvalue weighted by Crippen LogP contribution is 2.17.